The Morgan fingerprint density at radius 3 is 2.39 bits per heavy atom. The number of aromatic nitrogens is 2. The zero-order valence-electron chi connectivity index (χ0n) is 18.3. The Morgan fingerprint density at radius 1 is 1.03 bits per heavy atom. The van der Waals surface area contributed by atoms with Crippen LogP contribution in [0.3, 0.4) is 0 Å². The fourth-order valence-electron chi connectivity index (χ4n) is 3.88. The quantitative estimate of drug-likeness (QED) is 0.517. The molecule has 0 spiro atoms. The van der Waals surface area contributed by atoms with Crippen LogP contribution in [0.4, 0.5) is 5.82 Å². The fourth-order valence-corrected chi connectivity index (χ4v) is 5.32. The summed E-state index contributed by atoms with van der Waals surface area (Å²) in [5, 5.41) is 0.546. The summed E-state index contributed by atoms with van der Waals surface area (Å²) >= 11 is 0. The molecule has 0 amide bonds. The predicted octanol–water partition coefficient (Wildman–Crippen LogP) is 3.14. The highest BCUT2D eigenvalue weighted by atomic mass is 35.5. The Hall–Kier alpha value is -2.01. The number of rotatable bonds is 7. The molecule has 8 nitrogen and oxygen atoms in total. The zero-order chi connectivity index (χ0) is 21.8. The number of sulfonamides is 1. The third-order valence-corrected chi connectivity index (χ3v) is 7.46. The van der Waals surface area contributed by atoms with Gasteiger partial charge in [-0.1, -0.05) is 30.3 Å². The van der Waals surface area contributed by atoms with Crippen LogP contribution in [0, 0.1) is 0 Å². The molecule has 0 saturated carbocycles. The topological polar surface area (TPSA) is 102 Å². The highest BCUT2D eigenvalue weighted by molar-refractivity contribution is 7.89. The number of nitrogen functional groups attached to an aromatic ring is 1. The van der Waals surface area contributed by atoms with Crippen LogP contribution in [0.2, 0.25) is 0 Å². The maximum absolute atomic E-state index is 13.2. The molecule has 2 N–H and O–H groups in total. The maximum Gasteiger partial charge on any atom is 0.243 e. The minimum absolute atomic E-state index is 0. The first-order valence-corrected chi connectivity index (χ1v) is 11.8. The van der Waals surface area contributed by atoms with Crippen molar-refractivity contribution in [2.45, 2.75) is 17.9 Å². The van der Waals surface area contributed by atoms with Crippen LogP contribution in [0.5, 0.6) is 0 Å². The normalized spacial score (nSPS) is 16.0. The molecule has 1 atom stereocenters. The summed E-state index contributed by atoms with van der Waals surface area (Å²) in [5.41, 5.74) is 7.66. The lowest BCUT2D eigenvalue weighted by molar-refractivity contribution is 0.0249. The molecule has 1 fully saturated rings. The maximum atomic E-state index is 13.2. The summed E-state index contributed by atoms with van der Waals surface area (Å²) in [7, 11) is -3.62. The average Bonchev–Trinajstić information content (AvgIpc) is 2.80. The van der Waals surface area contributed by atoms with E-state index in [1.165, 1.54) is 10.6 Å². The average molecular weight is 514 g/mol. The second-order valence-corrected chi connectivity index (χ2v) is 9.44. The molecule has 1 aliphatic heterocycles. The minimum atomic E-state index is -3.62. The summed E-state index contributed by atoms with van der Waals surface area (Å²) in [5.74, 6) is 0.273. The second kappa shape index (κ2) is 11.9. The van der Waals surface area contributed by atoms with Crippen molar-refractivity contribution in [2.75, 3.05) is 45.1 Å². The molecule has 1 saturated heterocycles. The number of hydrogen-bond donors (Lipinski definition) is 1. The van der Waals surface area contributed by atoms with E-state index < -0.39 is 10.0 Å². The molecular weight excluding hydrogens is 485 g/mol. The number of halogens is 2. The van der Waals surface area contributed by atoms with Gasteiger partial charge in [0.1, 0.15) is 12.1 Å². The molecule has 4 rings (SSSR count). The molecule has 11 heteroatoms. The van der Waals surface area contributed by atoms with Crippen molar-refractivity contribution in [3.05, 3.63) is 60.4 Å². The molecule has 33 heavy (non-hydrogen) atoms. The Morgan fingerprint density at radius 2 is 1.73 bits per heavy atom. The zero-order valence-corrected chi connectivity index (χ0v) is 20.8. The lowest BCUT2D eigenvalue weighted by Gasteiger charge is -2.35. The molecule has 2 heterocycles. The second-order valence-electron chi connectivity index (χ2n) is 7.50. The Bertz CT molecular complexity index is 1140. The third kappa shape index (κ3) is 6.11. The smallest absolute Gasteiger partial charge is 0.243 e. The summed E-state index contributed by atoms with van der Waals surface area (Å²) < 4.78 is 33.9. The van der Waals surface area contributed by atoms with Crippen LogP contribution in [0.15, 0.2) is 59.8 Å². The number of fused-ring (bicyclic) bond motifs is 1. The van der Waals surface area contributed by atoms with Crippen molar-refractivity contribution < 1.29 is 13.2 Å². The van der Waals surface area contributed by atoms with Gasteiger partial charge in [0.25, 0.3) is 0 Å². The van der Waals surface area contributed by atoms with Gasteiger partial charge < -0.3 is 10.5 Å². The summed E-state index contributed by atoms with van der Waals surface area (Å²) in [6, 6.07) is 14.9. The van der Waals surface area contributed by atoms with Crippen LogP contribution in [0.1, 0.15) is 18.6 Å². The van der Waals surface area contributed by atoms with Gasteiger partial charge in [-0.25, -0.2) is 18.4 Å². The fraction of sp³-hybridized carbons (Fsp3) is 0.364. The van der Waals surface area contributed by atoms with Crippen molar-refractivity contribution in [3.63, 3.8) is 0 Å². The van der Waals surface area contributed by atoms with Gasteiger partial charge in [-0.2, -0.15) is 4.31 Å². The lowest BCUT2D eigenvalue weighted by atomic mass is 10.1. The van der Waals surface area contributed by atoms with Crippen molar-refractivity contribution in [3.8, 4) is 0 Å². The highest BCUT2D eigenvalue weighted by Crippen LogP contribution is 2.25. The number of anilines is 1. The van der Waals surface area contributed by atoms with E-state index in [0.29, 0.717) is 43.7 Å². The van der Waals surface area contributed by atoms with E-state index in [4.69, 9.17) is 10.5 Å². The Labute approximate surface area is 207 Å². The summed E-state index contributed by atoms with van der Waals surface area (Å²) in [6.07, 6.45) is 1.34. The minimum Gasteiger partial charge on any atom is -0.383 e. The first-order valence-electron chi connectivity index (χ1n) is 10.4. The number of nitrogens with zero attached hydrogens (tertiary/aromatic N) is 4. The van der Waals surface area contributed by atoms with Crippen LogP contribution >= 0.6 is 24.8 Å². The SMILES string of the molecule is CCOC(CN1CCN(S(=O)(=O)c2ccc3ncnc(N)c3c2)CC1)c1ccccc1.Cl.Cl. The first kappa shape index (κ1) is 27.2. The van der Waals surface area contributed by atoms with E-state index in [1.54, 1.807) is 18.2 Å². The number of nitrogens with two attached hydrogens (primary N) is 1. The predicted molar refractivity (Wildman–Crippen MR) is 134 cm³/mol. The van der Waals surface area contributed by atoms with E-state index >= 15 is 0 Å². The van der Waals surface area contributed by atoms with Gasteiger partial charge in [0, 0.05) is 44.7 Å². The molecule has 1 aromatic heterocycles. The molecule has 0 aliphatic carbocycles. The third-order valence-electron chi connectivity index (χ3n) is 5.57. The number of ether oxygens (including phenoxy) is 1. The van der Waals surface area contributed by atoms with Crippen LogP contribution in [-0.2, 0) is 14.8 Å². The van der Waals surface area contributed by atoms with E-state index in [9.17, 15) is 8.42 Å². The molecule has 180 valence electrons. The standard InChI is InChI=1S/C22H27N5O3S.2ClH/c1-2-30-21(17-6-4-3-5-7-17)15-26-10-12-27(13-11-26)31(28,29)18-8-9-20-19(14-18)22(23)25-16-24-20;;/h3-9,14,16,21H,2,10-13,15H2,1H3,(H2,23,24,25);2*1H. The van der Waals surface area contributed by atoms with Gasteiger partial charge in [-0.15, -0.1) is 24.8 Å². The lowest BCUT2D eigenvalue weighted by Crippen LogP contribution is -2.49. The van der Waals surface area contributed by atoms with Gasteiger partial charge in [0.05, 0.1) is 16.5 Å². The number of benzene rings is 2. The van der Waals surface area contributed by atoms with Gasteiger partial charge >= 0.3 is 0 Å². The van der Waals surface area contributed by atoms with E-state index in [0.717, 1.165) is 12.1 Å². The van der Waals surface area contributed by atoms with Crippen molar-refractivity contribution in [2.24, 2.45) is 0 Å². The Balaban J connectivity index is 0.00000193. The molecule has 3 aromatic rings. The highest BCUT2D eigenvalue weighted by Gasteiger charge is 2.30. The van der Waals surface area contributed by atoms with E-state index in [-0.39, 0.29) is 41.6 Å². The van der Waals surface area contributed by atoms with Crippen molar-refractivity contribution in [1.82, 2.24) is 19.2 Å². The Kier molecular flexibility index (Phi) is 9.84. The van der Waals surface area contributed by atoms with Crippen LogP contribution < -0.4 is 5.73 Å². The van der Waals surface area contributed by atoms with Crippen LogP contribution in [0.25, 0.3) is 10.9 Å². The van der Waals surface area contributed by atoms with Crippen molar-refractivity contribution >= 4 is 51.6 Å². The number of piperazine rings is 1. The van der Waals surface area contributed by atoms with Gasteiger partial charge in [-0.05, 0) is 30.7 Å². The molecule has 1 aliphatic rings. The molecule has 2 aromatic carbocycles. The number of hydrogen-bond acceptors (Lipinski definition) is 7. The van der Waals surface area contributed by atoms with E-state index in [1.807, 2.05) is 25.1 Å². The molecule has 0 bridgehead atoms. The van der Waals surface area contributed by atoms with Crippen LogP contribution in [-0.4, -0.2) is 66.9 Å². The molecule has 0 radical (unpaired) electrons. The summed E-state index contributed by atoms with van der Waals surface area (Å²) in [6.45, 7) is 5.49. The van der Waals surface area contributed by atoms with Gasteiger partial charge in [-0.3, -0.25) is 4.90 Å². The first-order chi connectivity index (χ1) is 15.0. The van der Waals surface area contributed by atoms with Gasteiger partial charge in [0.15, 0.2) is 0 Å². The summed E-state index contributed by atoms with van der Waals surface area (Å²) in [4.78, 5) is 10.6. The monoisotopic (exact) mass is 513 g/mol. The molecular formula is C22H29Cl2N5O3S. The molecule has 1 unspecified atom stereocenters. The van der Waals surface area contributed by atoms with E-state index in [2.05, 4.69) is 27.0 Å². The van der Waals surface area contributed by atoms with Gasteiger partial charge in [0.2, 0.25) is 10.0 Å². The largest absolute Gasteiger partial charge is 0.383 e. The van der Waals surface area contributed by atoms with Crippen molar-refractivity contribution in [1.29, 1.82) is 0 Å².